The summed E-state index contributed by atoms with van der Waals surface area (Å²) in [5, 5.41) is 0. The zero-order chi connectivity index (χ0) is 23.6. The molecule has 0 saturated carbocycles. The summed E-state index contributed by atoms with van der Waals surface area (Å²) >= 11 is 0. The molecule has 2 heterocycles. The first kappa shape index (κ1) is 22.6. The highest BCUT2D eigenvalue weighted by atomic mass is 32.2. The Bertz CT molecular complexity index is 1440. The van der Waals surface area contributed by atoms with Crippen molar-refractivity contribution in [2.24, 2.45) is 0 Å². The monoisotopic (exact) mass is 459 g/mol. The number of rotatable bonds is 5. The number of pyridine rings is 2. The van der Waals surface area contributed by atoms with E-state index in [1.54, 1.807) is 68.1 Å². The minimum absolute atomic E-state index is 0.151. The third kappa shape index (κ3) is 5.27. The zero-order valence-electron chi connectivity index (χ0n) is 18.7. The van der Waals surface area contributed by atoms with E-state index in [1.807, 2.05) is 42.5 Å². The van der Waals surface area contributed by atoms with Crippen molar-refractivity contribution in [3.63, 3.8) is 0 Å². The minimum atomic E-state index is -3.61. The van der Waals surface area contributed by atoms with Gasteiger partial charge in [-0.1, -0.05) is 30.3 Å². The molecular formula is C26H25N3O3S. The summed E-state index contributed by atoms with van der Waals surface area (Å²) in [6.45, 7) is 5.40. The van der Waals surface area contributed by atoms with E-state index in [0.29, 0.717) is 5.69 Å². The first-order valence-corrected chi connectivity index (χ1v) is 12.0. The van der Waals surface area contributed by atoms with E-state index in [0.717, 1.165) is 22.4 Å². The van der Waals surface area contributed by atoms with Crippen LogP contribution in [0.15, 0.2) is 101 Å². The van der Waals surface area contributed by atoms with Gasteiger partial charge >= 0.3 is 0 Å². The molecule has 0 radical (unpaired) electrons. The lowest BCUT2D eigenvalue weighted by molar-refractivity contribution is 0.491. The topological polar surface area (TPSA) is 81.1 Å². The molecule has 0 fully saturated rings. The highest BCUT2D eigenvalue weighted by Crippen LogP contribution is 2.24. The Morgan fingerprint density at radius 1 is 0.818 bits per heavy atom. The lowest BCUT2D eigenvalue weighted by Gasteiger charge is -2.20. The fourth-order valence-electron chi connectivity index (χ4n) is 3.50. The molecule has 2 aromatic heterocycles. The third-order valence-corrected chi connectivity index (χ3v) is 6.71. The summed E-state index contributed by atoms with van der Waals surface area (Å²) in [6, 6.07) is 23.2. The molecule has 168 valence electrons. The first-order chi connectivity index (χ1) is 15.6. The van der Waals surface area contributed by atoms with E-state index in [-0.39, 0.29) is 10.5 Å². The van der Waals surface area contributed by atoms with Crippen LogP contribution in [0.5, 0.6) is 0 Å². The van der Waals surface area contributed by atoms with Gasteiger partial charge in [0.05, 0.1) is 10.6 Å². The van der Waals surface area contributed by atoms with Gasteiger partial charge in [-0.05, 0) is 74.4 Å². The summed E-state index contributed by atoms with van der Waals surface area (Å²) in [6.07, 6.45) is 3.49. The maximum Gasteiger partial charge on any atom is 0.255 e. The highest BCUT2D eigenvalue weighted by molar-refractivity contribution is 7.89. The molecule has 6 nitrogen and oxygen atoms in total. The molecule has 0 amide bonds. The Morgan fingerprint density at radius 3 is 2.21 bits per heavy atom. The molecule has 0 bridgehead atoms. The number of hydrogen-bond acceptors (Lipinski definition) is 4. The van der Waals surface area contributed by atoms with Crippen LogP contribution in [0.4, 0.5) is 0 Å². The molecule has 4 aromatic rings. The summed E-state index contributed by atoms with van der Waals surface area (Å²) < 4.78 is 29.4. The summed E-state index contributed by atoms with van der Waals surface area (Å²) in [7, 11) is -3.61. The maximum absolute atomic E-state index is 12.6. The summed E-state index contributed by atoms with van der Waals surface area (Å²) in [5.74, 6) is 0. The Labute approximate surface area is 193 Å². The van der Waals surface area contributed by atoms with Crippen LogP contribution in [0.2, 0.25) is 0 Å². The number of benzene rings is 2. The molecule has 0 spiro atoms. The molecule has 4 rings (SSSR count). The highest BCUT2D eigenvalue weighted by Gasteiger charge is 2.21. The Morgan fingerprint density at radius 2 is 1.55 bits per heavy atom. The lowest BCUT2D eigenvalue weighted by Crippen LogP contribution is -2.40. The molecule has 0 atom stereocenters. The van der Waals surface area contributed by atoms with Crippen molar-refractivity contribution in [1.82, 2.24) is 14.3 Å². The van der Waals surface area contributed by atoms with Crippen LogP contribution < -0.4 is 10.3 Å². The van der Waals surface area contributed by atoms with Crippen molar-refractivity contribution in [1.29, 1.82) is 0 Å². The molecule has 1 N–H and O–H groups in total. The van der Waals surface area contributed by atoms with E-state index >= 15 is 0 Å². The Kier molecular flexibility index (Phi) is 6.01. The average molecular weight is 460 g/mol. The summed E-state index contributed by atoms with van der Waals surface area (Å²) in [4.78, 5) is 17.2. The van der Waals surface area contributed by atoms with Crippen molar-refractivity contribution in [3.8, 4) is 28.1 Å². The van der Waals surface area contributed by atoms with Crippen molar-refractivity contribution < 1.29 is 8.42 Å². The van der Waals surface area contributed by atoms with E-state index in [4.69, 9.17) is 0 Å². The number of aromatic nitrogens is 2. The van der Waals surface area contributed by atoms with Crippen molar-refractivity contribution in [3.05, 3.63) is 102 Å². The predicted octanol–water partition coefficient (Wildman–Crippen LogP) is 4.64. The third-order valence-electron chi connectivity index (χ3n) is 4.93. The molecule has 0 aliphatic carbocycles. The van der Waals surface area contributed by atoms with E-state index in [1.165, 1.54) is 6.07 Å². The van der Waals surface area contributed by atoms with Crippen molar-refractivity contribution in [2.45, 2.75) is 31.2 Å². The number of nitrogens with one attached hydrogen (secondary N) is 1. The molecule has 0 aliphatic rings. The van der Waals surface area contributed by atoms with Crippen LogP contribution in [0, 0.1) is 0 Å². The van der Waals surface area contributed by atoms with Gasteiger partial charge in [0, 0.05) is 35.2 Å². The Balaban J connectivity index is 1.68. The van der Waals surface area contributed by atoms with Gasteiger partial charge < -0.3 is 0 Å². The normalized spacial score (nSPS) is 12.0. The van der Waals surface area contributed by atoms with Gasteiger partial charge in [0.15, 0.2) is 0 Å². The van der Waals surface area contributed by atoms with E-state index in [2.05, 4.69) is 9.71 Å². The molecule has 2 aromatic carbocycles. The molecule has 7 heteroatoms. The van der Waals surface area contributed by atoms with Gasteiger partial charge in [0.2, 0.25) is 10.0 Å². The average Bonchev–Trinajstić information content (AvgIpc) is 2.79. The van der Waals surface area contributed by atoms with Gasteiger partial charge in [0.1, 0.15) is 0 Å². The SMILES string of the molecule is CC(C)(C)NS(=O)(=O)c1ccc(-c2cccc(-n3cc(-c4ccccn4)ccc3=O)c2)cc1. The second kappa shape index (κ2) is 8.77. The van der Waals surface area contributed by atoms with E-state index in [9.17, 15) is 13.2 Å². The maximum atomic E-state index is 12.6. The lowest BCUT2D eigenvalue weighted by atomic mass is 10.1. The minimum Gasteiger partial charge on any atom is -0.284 e. The second-order valence-electron chi connectivity index (χ2n) is 8.77. The first-order valence-electron chi connectivity index (χ1n) is 10.5. The molecule has 0 aliphatic heterocycles. The van der Waals surface area contributed by atoms with Gasteiger partial charge in [-0.15, -0.1) is 0 Å². The summed E-state index contributed by atoms with van der Waals surface area (Å²) in [5.41, 5.74) is 3.33. The predicted molar refractivity (Wildman–Crippen MR) is 131 cm³/mol. The van der Waals surface area contributed by atoms with Gasteiger partial charge in [0.25, 0.3) is 5.56 Å². The zero-order valence-corrected chi connectivity index (χ0v) is 19.5. The van der Waals surface area contributed by atoms with Crippen LogP contribution in [0.25, 0.3) is 28.1 Å². The van der Waals surface area contributed by atoms with Crippen LogP contribution in [0.3, 0.4) is 0 Å². The fourth-order valence-corrected chi connectivity index (χ4v) is 4.92. The van der Waals surface area contributed by atoms with Gasteiger partial charge in [-0.3, -0.25) is 14.3 Å². The van der Waals surface area contributed by atoms with Gasteiger partial charge in [-0.2, -0.15) is 0 Å². The number of sulfonamides is 1. The van der Waals surface area contributed by atoms with Crippen LogP contribution in [-0.2, 0) is 10.0 Å². The fraction of sp³-hybridized carbons (Fsp3) is 0.154. The van der Waals surface area contributed by atoms with E-state index < -0.39 is 15.6 Å². The number of nitrogens with zero attached hydrogens (tertiary/aromatic N) is 2. The van der Waals surface area contributed by atoms with Crippen LogP contribution in [-0.4, -0.2) is 23.5 Å². The largest absolute Gasteiger partial charge is 0.284 e. The van der Waals surface area contributed by atoms with Crippen molar-refractivity contribution >= 4 is 10.0 Å². The molecule has 0 saturated heterocycles. The van der Waals surface area contributed by atoms with Crippen LogP contribution in [0.1, 0.15) is 20.8 Å². The quantitative estimate of drug-likeness (QED) is 0.471. The molecule has 0 unspecified atom stereocenters. The van der Waals surface area contributed by atoms with Gasteiger partial charge in [-0.25, -0.2) is 13.1 Å². The number of hydrogen-bond donors (Lipinski definition) is 1. The molecule has 33 heavy (non-hydrogen) atoms. The smallest absolute Gasteiger partial charge is 0.255 e. The standard InChI is InChI=1S/C26H25N3O3S/c1-26(2,3)28-33(31,32)23-13-10-19(11-14-23)20-7-6-8-22(17-20)29-18-21(12-15-25(29)30)24-9-4-5-16-27-24/h4-18,28H,1-3H3. The Hall–Kier alpha value is -3.55. The van der Waals surface area contributed by atoms with Crippen molar-refractivity contribution in [2.75, 3.05) is 0 Å². The molecular weight excluding hydrogens is 434 g/mol. The van der Waals surface area contributed by atoms with Crippen LogP contribution >= 0.6 is 0 Å². The second-order valence-corrected chi connectivity index (χ2v) is 10.5.